The molecule has 2 aliphatic rings. The number of hydrogen-bond donors (Lipinski definition) is 3. The predicted molar refractivity (Wildman–Crippen MR) is 210 cm³/mol. The van der Waals surface area contributed by atoms with Gasteiger partial charge in [-0.2, -0.15) is 0 Å². The summed E-state index contributed by atoms with van der Waals surface area (Å²) in [7, 11) is 0. The van der Waals surface area contributed by atoms with Crippen LogP contribution in [0.4, 0.5) is 21.9 Å². The third kappa shape index (κ3) is 9.66. The molecule has 12 nitrogen and oxygen atoms in total. The number of rotatable bonds is 12. The van der Waals surface area contributed by atoms with Crippen LogP contribution in [0.25, 0.3) is 0 Å². The predicted octanol–water partition coefficient (Wildman–Crippen LogP) is 7.81. The Bertz CT molecular complexity index is 2000. The number of anilines is 2. The highest BCUT2D eigenvalue weighted by atomic mass is 16.7. The van der Waals surface area contributed by atoms with E-state index in [1.807, 2.05) is 91.0 Å². The summed E-state index contributed by atoms with van der Waals surface area (Å²) in [6, 6.07) is 38.9. The van der Waals surface area contributed by atoms with Crippen LogP contribution in [0.5, 0.6) is 11.5 Å². The first kappa shape index (κ1) is 37.5. The van der Waals surface area contributed by atoms with Gasteiger partial charge >= 0.3 is 6.03 Å². The molecule has 0 aromatic heterocycles. The van der Waals surface area contributed by atoms with Crippen LogP contribution >= 0.6 is 0 Å². The number of amides is 2. The molecule has 2 fully saturated rings. The SMILES string of the molecule is C[C@H]1[C@@H](CN2CCN(c3ccc([N+](=O)[O-])cc3)CC2)O[C@@H](c2ccc(CNC(=O)Nc3ccc(Oc4ccccc4)cc3)cc2)O[C@H]1c1ccc(CO)cc1. The molecule has 2 aliphatic heterocycles. The maximum Gasteiger partial charge on any atom is 0.319 e. The molecular weight excluding hydrogens is 699 g/mol. The quantitative estimate of drug-likeness (QED) is 0.0863. The average molecular weight is 744 g/mol. The van der Waals surface area contributed by atoms with Gasteiger partial charge in [0.05, 0.1) is 23.7 Å². The lowest BCUT2D eigenvalue weighted by atomic mass is 9.90. The molecule has 4 atom stereocenters. The van der Waals surface area contributed by atoms with Gasteiger partial charge in [-0.25, -0.2) is 4.79 Å². The monoisotopic (exact) mass is 743 g/mol. The number of nitro groups is 1. The summed E-state index contributed by atoms with van der Waals surface area (Å²) in [5.74, 6) is 1.46. The van der Waals surface area contributed by atoms with Gasteiger partial charge in [-0.1, -0.05) is 73.7 Å². The number of urea groups is 1. The molecule has 12 heteroatoms. The van der Waals surface area contributed by atoms with E-state index in [1.165, 1.54) is 0 Å². The summed E-state index contributed by atoms with van der Waals surface area (Å²) in [5.41, 5.74) is 5.38. The number of non-ortho nitro benzene ring substituents is 1. The number of nitrogens with one attached hydrogen (secondary N) is 2. The number of aliphatic hydroxyl groups excluding tert-OH is 1. The second-order valence-corrected chi connectivity index (χ2v) is 13.9. The van der Waals surface area contributed by atoms with E-state index < -0.39 is 6.29 Å². The lowest BCUT2D eigenvalue weighted by Gasteiger charge is -2.44. The normalized spacial score (nSPS) is 20.1. The van der Waals surface area contributed by atoms with E-state index in [4.69, 9.17) is 14.2 Å². The lowest BCUT2D eigenvalue weighted by molar-refractivity contribution is -0.384. The molecule has 0 spiro atoms. The van der Waals surface area contributed by atoms with Gasteiger partial charge in [0.2, 0.25) is 0 Å². The maximum atomic E-state index is 12.7. The van der Waals surface area contributed by atoms with Gasteiger partial charge in [0.1, 0.15) is 11.5 Å². The lowest BCUT2D eigenvalue weighted by Crippen LogP contribution is -2.51. The second kappa shape index (κ2) is 17.6. The number of hydrogen-bond acceptors (Lipinski definition) is 9. The van der Waals surface area contributed by atoms with Gasteiger partial charge < -0.3 is 34.9 Å². The molecule has 0 saturated carbocycles. The van der Waals surface area contributed by atoms with Gasteiger partial charge in [-0.05, 0) is 65.2 Å². The van der Waals surface area contributed by atoms with Crippen molar-refractivity contribution in [2.75, 3.05) is 42.9 Å². The van der Waals surface area contributed by atoms with E-state index in [2.05, 4.69) is 27.4 Å². The van der Waals surface area contributed by atoms with Gasteiger partial charge in [0, 0.05) is 74.3 Å². The molecule has 7 rings (SSSR count). The summed E-state index contributed by atoms with van der Waals surface area (Å²) in [5, 5.41) is 26.5. The number of aliphatic hydroxyl groups is 1. The highest BCUT2D eigenvalue weighted by molar-refractivity contribution is 5.89. The number of benzene rings is 5. The molecular formula is C43H45N5O7. The summed E-state index contributed by atoms with van der Waals surface area (Å²) in [4.78, 5) is 28.1. The zero-order valence-corrected chi connectivity index (χ0v) is 30.6. The second-order valence-electron chi connectivity index (χ2n) is 13.9. The summed E-state index contributed by atoms with van der Waals surface area (Å²) in [6.45, 7) is 6.44. The van der Waals surface area contributed by atoms with Crippen LogP contribution in [-0.4, -0.2) is 59.8 Å². The number of para-hydroxylation sites is 1. The Morgan fingerprint density at radius 1 is 0.800 bits per heavy atom. The van der Waals surface area contributed by atoms with Crippen molar-refractivity contribution < 1.29 is 29.0 Å². The molecule has 2 amide bonds. The summed E-state index contributed by atoms with van der Waals surface area (Å²) >= 11 is 0. The first-order valence-electron chi connectivity index (χ1n) is 18.5. The topological polar surface area (TPSA) is 139 Å². The van der Waals surface area contributed by atoms with Gasteiger partial charge in [-0.3, -0.25) is 15.0 Å². The van der Waals surface area contributed by atoms with Crippen LogP contribution in [0.15, 0.2) is 127 Å². The highest BCUT2D eigenvalue weighted by Gasteiger charge is 2.39. The Kier molecular flexibility index (Phi) is 12.0. The largest absolute Gasteiger partial charge is 0.457 e. The Morgan fingerprint density at radius 2 is 1.44 bits per heavy atom. The first-order valence-corrected chi connectivity index (χ1v) is 18.5. The number of carbonyl (C=O) groups excluding carboxylic acids is 1. The Morgan fingerprint density at radius 3 is 2.09 bits per heavy atom. The molecule has 5 aromatic carbocycles. The van der Waals surface area contributed by atoms with Crippen molar-refractivity contribution in [1.82, 2.24) is 10.2 Å². The molecule has 2 heterocycles. The Labute approximate surface area is 320 Å². The molecule has 5 aromatic rings. The Balaban J connectivity index is 0.960. The fraction of sp³-hybridized carbons (Fsp3) is 0.279. The van der Waals surface area contributed by atoms with Crippen LogP contribution in [0.1, 0.15) is 41.6 Å². The van der Waals surface area contributed by atoms with Crippen LogP contribution in [0.2, 0.25) is 0 Å². The standard InChI is InChI=1S/C43H45N5O7/c1-30-40(28-46-23-25-47(26-24-46)36-17-19-37(20-18-36)48(51)52)54-42(55-41(30)33-11-9-32(29-49)10-12-33)34-13-7-31(8-14-34)27-44-43(50)45-35-15-21-39(22-16-35)53-38-5-3-2-4-6-38/h2-22,30,40-42,49H,23-29H2,1H3,(H2,44,45,50)/t30-,40+,41+,42+/m0/s1. The van der Waals surface area contributed by atoms with Gasteiger partial charge in [0.15, 0.2) is 6.29 Å². The Hall–Kier alpha value is -5.79. The molecule has 55 heavy (non-hydrogen) atoms. The van der Waals surface area contributed by atoms with E-state index in [-0.39, 0.29) is 41.4 Å². The third-order valence-corrected chi connectivity index (χ3v) is 10.2. The van der Waals surface area contributed by atoms with Crippen molar-refractivity contribution in [2.45, 2.75) is 38.6 Å². The third-order valence-electron chi connectivity index (χ3n) is 10.2. The smallest absolute Gasteiger partial charge is 0.319 e. The van der Waals surface area contributed by atoms with Crippen molar-refractivity contribution in [1.29, 1.82) is 0 Å². The van der Waals surface area contributed by atoms with Crippen molar-refractivity contribution in [3.05, 3.63) is 160 Å². The number of nitrogens with zero attached hydrogens (tertiary/aromatic N) is 3. The molecule has 0 radical (unpaired) electrons. The maximum absolute atomic E-state index is 12.7. The minimum Gasteiger partial charge on any atom is -0.457 e. The van der Waals surface area contributed by atoms with Crippen molar-refractivity contribution >= 4 is 23.1 Å². The van der Waals surface area contributed by atoms with Gasteiger partial charge in [-0.15, -0.1) is 0 Å². The summed E-state index contributed by atoms with van der Waals surface area (Å²) in [6.07, 6.45) is -0.970. The van der Waals surface area contributed by atoms with E-state index in [1.54, 1.807) is 36.4 Å². The number of ether oxygens (including phenoxy) is 3. The van der Waals surface area contributed by atoms with Crippen LogP contribution in [0.3, 0.4) is 0 Å². The molecule has 0 aliphatic carbocycles. The molecule has 284 valence electrons. The fourth-order valence-corrected chi connectivity index (χ4v) is 6.94. The van der Waals surface area contributed by atoms with Crippen molar-refractivity contribution in [2.24, 2.45) is 5.92 Å². The molecule has 0 unspecified atom stereocenters. The molecule has 3 N–H and O–H groups in total. The highest BCUT2D eigenvalue weighted by Crippen LogP contribution is 2.42. The molecule has 2 saturated heterocycles. The van der Waals surface area contributed by atoms with Crippen molar-refractivity contribution in [3.8, 4) is 11.5 Å². The zero-order chi connectivity index (χ0) is 38.1. The van der Waals surface area contributed by atoms with Crippen molar-refractivity contribution in [3.63, 3.8) is 0 Å². The van der Waals surface area contributed by atoms with E-state index in [0.717, 1.165) is 66.4 Å². The zero-order valence-electron chi connectivity index (χ0n) is 30.6. The van der Waals surface area contributed by atoms with Gasteiger partial charge in [0.25, 0.3) is 5.69 Å². The van der Waals surface area contributed by atoms with Crippen LogP contribution in [-0.2, 0) is 22.6 Å². The fourth-order valence-electron chi connectivity index (χ4n) is 6.94. The summed E-state index contributed by atoms with van der Waals surface area (Å²) < 4.78 is 19.2. The van der Waals surface area contributed by atoms with E-state index in [9.17, 15) is 20.0 Å². The van der Waals surface area contributed by atoms with E-state index >= 15 is 0 Å². The first-order chi connectivity index (χ1) is 26.8. The van der Waals surface area contributed by atoms with Crippen LogP contribution in [0, 0.1) is 16.0 Å². The number of nitro benzene ring substituents is 1. The minimum absolute atomic E-state index is 0.0256. The number of piperazine rings is 1. The van der Waals surface area contributed by atoms with E-state index in [0.29, 0.717) is 18.0 Å². The van der Waals surface area contributed by atoms with Crippen LogP contribution < -0.4 is 20.3 Å². The number of carbonyl (C=O) groups is 1. The molecule has 0 bridgehead atoms. The average Bonchev–Trinajstić information content (AvgIpc) is 3.22. The minimum atomic E-state index is -0.607.